The van der Waals surface area contributed by atoms with Crippen LogP contribution in [0.3, 0.4) is 0 Å². The maximum Gasteiger partial charge on any atom is 0.250 e. The van der Waals surface area contributed by atoms with Gasteiger partial charge in [0.2, 0.25) is 0 Å². The highest BCUT2D eigenvalue weighted by Gasteiger charge is 2.40. The minimum atomic E-state index is -2.27. The van der Waals surface area contributed by atoms with Crippen molar-refractivity contribution in [3.8, 4) is 0 Å². The van der Waals surface area contributed by atoms with Gasteiger partial charge in [0.15, 0.2) is 0 Å². The van der Waals surface area contributed by atoms with Gasteiger partial charge in [0, 0.05) is 25.7 Å². The Bertz CT molecular complexity index is 208. The second-order valence-electron chi connectivity index (χ2n) is 4.32. The van der Waals surface area contributed by atoms with E-state index in [0.29, 0.717) is 13.2 Å². The normalized spacial score (nSPS) is 36.6. The van der Waals surface area contributed by atoms with Gasteiger partial charge in [-0.1, -0.05) is 0 Å². The minimum absolute atomic E-state index is 0.148. The molecule has 2 atom stereocenters. The van der Waals surface area contributed by atoms with Gasteiger partial charge in [-0.25, -0.2) is 8.78 Å². The first kappa shape index (κ1) is 11.2. The van der Waals surface area contributed by atoms with Crippen molar-refractivity contribution in [1.29, 1.82) is 0 Å². The van der Waals surface area contributed by atoms with E-state index in [1.165, 1.54) is 0 Å². The first-order valence-corrected chi connectivity index (χ1v) is 5.43. The fourth-order valence-corrected chi connectivity index (χ4v) is 2.32. The summed E-state index contributed by atoms with van der Waals surface area (Å²) in [6.07, 6.45) is 0.220. The average Bonchev–Trinajstić information content (AvgIpc) is 2.63. The maximum atomic E-state index is 12.0. The summed E-state index contributed by atoms with van der Waals surface area (Å²) in [7, 11) is 0. The van der Waals surface area contributed by atoms with Gasteiger partial charge < -0.3 is 14.8 Å². The monoisotopic (exact) mass is 221 g/mol. The van der Waals surface area contributed by atoms with E-state index >= 15 is 0 Å². The Morgan fingerprint density at radius 1 is 1.40 bits per heavy atom. The number of halogens is 2. The molecule has 0 aliphatic carbocycles. The Morgan fingerprint density at radius 3 is 2.93 bits per heavy atom. The average molecular weight is 221 g/mol. The first-order valence-electron chi connectivity index (χ1n) is 5.43. The van der Waals surface area contributed by atoms with E-state index in [0.717, 1.165) is 25.9 Å². The number of hydrogen-bond acceptors (Lipinski definition) is 3. The van der Waals surface area contributed by atoms with Gasteiger partial charge in [-0.2, -0.15) is 0 Å². The Hall–Kier alpha value is -0.260. The molecule has 5 heteroatoms. The van der Waals surface area contributed by atoms with Crippen molar-refractivity contribution >= 4 is 0 Å². The fourth-order valence-electron chi connectivity index (χ4n) is 2.32. The number of hydrogen-bond donors (Lipinski definition) is 1. The molecule has 2 heterocycles. The topological polar surface area (TPSA) is 30.5 Å². The van der Waals surface area contributed by atoms with Crippen molar-refractivity contribution < 1.29 is 18.3 Å². The van der Waals surface area contributed by atoms with Gasteiger partial charge in [0.25, 0.3) is 6.43 Å². The van der Waals surface area contributed by atoms with Crippen molar-refractivity contribution in [1.82, 2.24) is 5.32 Å². The van der Waals surface area contributed by atoms with Crippen LogP contribution < -0.4 is 5.32 Å². The molecule has 0 aromatic rings. The van der Waals surface area contributed by atoms with E-state index in [9.17, 15) is 8.78 Å². The predicted molar refractivity (Wildman–Crippen MR) is 51.1 cm³/mol. The van der Waals surface area contributed by atoms with Crippen LogP contribution in [0, 0.1) is 0 Å². The molecule has 2 rings (SSSR count). The van der Waals surface area contributed by atoms with Crippen LogP contribution in [0.5, 0.6) is 0 Å². The van der Waals surface area contributed by atoms with Crippen LogP contribution in [-0.4, -0.2) is 44.4 Å². The van der Waals surface area contributed by atoms with Crippen molar-refractivity contribution in [2.45, 2.75) is 37.3 Å². The second kappa shape index (κ2) is 4.72. The van der Waals surface area contributed by atoms with Crippen molar-refractivity contribution in [2.75, 3.05) is 26.4 Å². The first-order chi connectivity index (χ1) is 7.20. The van der Waals surface area contributed by atoms with Crippen molar-refractivity contribution in [3.05, 3.63) is 0 Å². The Morgan fingerprint density at radius 2 is 2.27 bits per heavy atom. The molecule has 0 aromatic heterocycles. The molecule has 2 aliphatic rings. The van der Waals surface area contributed by atoms with Crippen LogP contribution >= 0.6 is 0 Å². The summed E-state index contributed by atoms with van der Waals surface area (Å²) in [5, 5.41) is 2.89. The molecule has 0 aromatic carbocycles. The Balaban J connectivity index is 1.81. The predicted octanol–water partition coefficient (Wildman–Crippen LogP) is 1.18. The van der Waals surface area contributed by atoms with Gasteiger partial charge in [-0.05, 0) is 12.8 Å². The minimum Gasteiger partial charge on any atom is -0.378 e. The third-order valence-corrected chi connectivity index (χ3v) is 3.12. The summed E-state index contributed by atoms with van der Waals surface area (Å²) in [6, 6.07) is 0.148. The number of rotatable bonds is 3. The van der Waals surface area contributed by atoms with Gasteiger partial charge >= 0.3 is 0 Å². The molecule has 2 saturated heterocycles. The molecule has 1 spiro atoms. The molecule has 2 aliphatic heterocycles. The van der Waals surface area contributed by atoms with Gasteiger partial charge in [-0.3, -0.25) is 0 Å². The van der Waals surface area contributed by atoms with Crippen LogP contribution in [-0.2, 0) is 9.47 Å². The lowest BCUT2D eigenvalue weighted by molar-refractivity contribution is -0.0902. The zero-order chi connectivity index (χ0) is 10.7. The van der Waals surface area contributed by atoms with Crippen LogP contribution in [0.15, 0.2) is 0 Å². The SMILES string of the molecule is FC(F)CNC1CCOC2(CCOC2)C1. The van der Waals surface area contributed by atoms with Crippen LogP contribution in [0.1, 0.15) is 19.3 Å². The standard InChI is InChI=1S/C10H17F2NO2/c11-9(12)6-13-8-1-3-15-10(5-8)2-4-14-7-10/h8-9,13H,1-7H2. The fraction of sp³-hybridized carbons (Fsp3) is 1.00. The summed E-state index contributed by atoms with van der Waals surface area (Å²) in [5.41, 5.74) is -0.196. The molecule has 2 unspecified atom stereocenters. The molecule has 15 heavy (non-hydrogen) atoms. The quantitative estimate of drug-likeness (QED) is 0.776. The molecule has 0 saturated carbocycles. The smallest absolute Gasteiger partial charge is 0.250 e. The summed E-state index contributed by atoms with van der Waals surface area (Å²) in [6.45, 7) is 1.76. The number of alkyl halides is 2. The largest absolute Gasteiger partial charge is 0.378 e. The summed E-state index contributed by atoms with van der Waals surface area (Å²) in [5.74, 6) is 0. The highest BCUT2D eigenvalue weighted by molar-refractivity contribution is 4.92. The highest BCUT2D eigenvalue weighted by atomic mass is 19.3. The van der Waals surface area contributed by atoms with E-state index < -0.39 is 6.43 Å². The lowest BCUT2D eigenvalue weighted by atomic mass is 9.90. The van der Waals surface area contributed by atoms with E-state index in [1.54, 1.807) is 0 Å². The van der Waals surface area contributed by atoms with E-state index in [1.807, 2.05) is 0 Å². The molecule has 1 N–H and O–H groups in total. The lowest BCUT2D eigenvalue weighted by Crippen LogP contribution is -2.48. The number of ether oxygens (including phenoxy) is 2. The molecule has 0 amide bonds. The third-order valence-electron chi connectivity index (χ3n) is 3.12. The van der Waals surface area contributed by atoms with Crippen LogP contribution in [0.4, 0.5) is 8.78 Å². The van der Waals surface area contributed by atoms with Crippen molar-refractivity contribution in [2.24, 2.45) is 0 Å². The Kier molecular flexibility index (Phi) is 3.53. The highest BCUT2D eigenvalue weighted by Crippen LogP contribution is 2.32. The summed E-state index contributed by atoms with van der Waals surface area (Å²) >= 11 is 0. The molecular weight excluding hydrogens is 204 g/mol. The molecule has 88 valence electrons. The second-order valence-corrected chi connectivity index (χ2v) is 4.32. The lowest BCUT2D eigenvalue weighted by Gasteiger charge is -2.37. The van der Waals surface area contributed by atoms with E-state index in [-0.39, 0.29) is 18.2 Å². The van der Waals surface area contributed by atoms with Crippen molar-refractivity contribution in [3.63, 3.8) is 0 Å². The zero-order valence-corrected chi connectivity index (χ0v) is 8.68. The maximum absolute atomic E-state index is 12.0. The van der Waals surface area contributed by atoms with Crippen LogP contribution in [0.2, 0.25) is 0 Å². The molecule has 0 radical (unpaired) electrons. The zero-order valence-electron chi connectivity index (χ0n) is 8.68. The van der Waals surface area contributed by atoms with Gasteiger partial charge in [0.1, 0.15) is 0 Å². The van der Waals surface area contributed by atoms with Crippen LogP contribution in [0.25, 0.3) is 0 Å². The number of nitrogens with one attached hydrogen (secondary N) is 1. The summed E-state index contributed by atoms with van der Waals surface area (Å²) in [4.78, 5) is 0. The Labute approximate surface area is 88.1 Å². The molecule has 2 fully saturated rings. The molecule has 0 bridgehead atoms. The summed E-state index contributed by atoms with van der Waals surface area (Å²) < 4.78 is 35.1. The van der Waals surface area contributed by atoms with E-state index in [2.05, 4.69) is 5.32 Å². The van der Waals surface area contributed by atoms with E-state index in [4.69, 9.17) is 9.47 Å². The van der Waals surface area contributed by atoms with Gasteiger partial charge in [0.05, 0.1) is 18.8 Å². The van der Waals surface area contributed by atoms with Gasteiger partial charge in [-0.15, -0.1) is 0 Å². The molecule has 3 nitrogen and oxygen atoms in total. The molecular formula is C10H17F2NO2. The third kappa shape index (κ3) is 2.86.